The molecule has 0 fully saturated rings. The van der Waals surface area contributed by atoms with Crippen molar-refractivity contribution in [2.75, 3.05) is 6.61 Å². The van der Waals surface area contributed by atoms with Crippen LogP contribution in [0.4, 0.5) is 0 Å². The van der Waals surface area contributed by atoms with E-state index in [0.29, 0.717) is 25.4 Å². The maximum atomic E-state index is 8.87. The molecule has 3 heteroatoms. The lowest BCUT2D eigenvalue weighted by molar-refractivity contribution is 0.0318. The minimum absolute atomic E-state index is 0.279. The maximum Gasteiger partial charge on any atom is 0.104 e. The van der Waals surface area contributed by atoms with E-state index in [1.54, 1.807) is 0 Å². The van der Waals surface area contributed by atoms with Crippen LogP contribution in [0, 0.1) is 17.2 Å². The first kappa shape index (κ1) is 14.4. The number of rotatable bonds is 7. The van der Waals surface area contributed by atoms with E-state index >= 15 is 0 Å². The molecule has 0 bridgehead atoms. The molecule has 2 unspecified atom stereocenters. The number of nitrogens with zero attached hydrogens (tertiary/aromatic N) is 1. The highest BCUT2D eigenvalue weighted by Crippen LogP contribution is 2.14. The molecule has 0 aliphatic rings. The van der Waals surface area contributed by atoms with Gasteiger partial charge in [0, 0.05) is 6.61 Å². The first-order valence-corrected chi connectivity index (χ1v) is 5.77. The molecule has 0 aliphatic carbocycles. The Kier molecular flexibility index (Phi) is 6.55. The number of hydrogen-bond donors (Lipinski definition) is 1. The zero-order valence-electron chi connectivity index (χ0n) is 10.4. The zero-order chi connectivity index (χ0) is 11.9. The number of hydrogen-bond acceptors (Lipinski definition) is 3. The quantitative estimate of drug-likeness (QED) is 0.659. The molecule has 0 aliphatic heterocycles. The highest BCUT2D eigenvalue weighted by molar-refractivity contribution is 5.03. The molecule has 0 saturated carbocycles. The predicted molar refractivity (Wildman–Crippen MR) is 62.3 cm³/mol. The van der Waals surface area contributed by atoms with Crippen molar-refractivity contribution in [3.05, 3.63) is 0 Å². The molecule has 0 aromatic heterocycles. The van der Waals surface area contributed by atoms with Crippen LogP contribution in [0.5, 0.6) is 0 Å². The van der Waals surface area contributed by atoms with Gasteiger partial charge in [0.25, 0.3) is 0 Å². The van der Waals surface area contributed by atoms with Gasteiger partial charge >= 0.3 is 0 Å². The highest BCUT2D eigenvalue weighted by atomic mass is 16.5. The summed E-state index contributed by atoms with van der Waals surface area (Å²) >= 11 is 0. The molecule has 0 radical (unpaired) electrons. The summed E-state index contributed by atoms with van der Waals surface area (Å²) in [5, 5.41) is 8.87. The third-order valence-corrected chi connectivity index (χ3v) is 2.94. The summed E-state index contributed by atoms with van der Waals surface area (Å²) in [6.45, 7) is 8.99. The smallest absolute Gasteiger partial charge is 0.104 e. The van der Waals surface area contributed by atoms with Gasteiger partial charge in [0.15, 0.2) is 0 Å². The van der Waals surface area contributed by atoms with E-state index in [2.05, 4.69) is 26.8 Å². The lowest BCUT2D eigenvalue weighted by Crippen LogP contribution is -2.37. The van der Waals surface area contributed by atoms with Gasteiger partial charge in [0.2, 0.25) is 0 Å². The lowest BCUT2D eigenvalue weighted by atomic mass is 9.94. The predicted octanol–water partition coefficient (Wildman–Crippen LogP) is 2.46. The molecule has 15 heavy (non-hydrogen) atoms. The van der Waals surface area contributed by atoms with E-state index in [4.69, 9.17) is 15.7 Å². The normalized spacial score (nSPS) is 17.1. The summed E-state index contributed by atoms with van der Waals surface area (Å²) in [4.78, 5) is 0. The van der Waals surface area contributed by atoms with Crippen molar-refractivity contribution in [1.29, 1.82) is 5.26 Å². The average Bonchev–Trinajstić information content (AvgIpc) is 2.23. The summed E-state index contributed by atoms with van der Waals surface area (Å²) in [6.07, 6.45) is 2.55. The minimum atomic E-state index is -0.662. The Morgan fingerprint density at radius 1 is 1.40 bits per heavy atom. The molecule has 2 atom stereocenters. The van der Waals surface area contributed by atoms with Gasteiger partial charge in [0.1, 0.15) is 5.54 Å². The molecule has 0 aromatic carbocycles. The maximum absolute atomic E-state index is 8.87. The fourth-order valence-corrected chi connectivity index (χ4v) is 1.16. The van der Waals surface area contributed by atoms with E-state index in [1.807, 2.05) is 6.92 Å². The van der Waals surface area contributed by atoms with Gasteiger partial charge in [0.05, 0.1) is 12.2 Å². The third kappa shape index (κ3) is 5.76. The van der Waals surface area contributed by atoms with Crippen molar-refractivity contribution in [3.63, 3.8) is 0 Å². The molecule has 88 valence electrons. The molecule has 0 saturated heterocycles. The first-order chi connectivity index (χ1) is 6.95. The molecule has 0 spiro atoms. The van der Waals surface area contributed by atoms with Gasteiger partial charge < -0.3 is 10.5 Å². The zero-order valence-corrected chi connectivity index (χ0v) is 10.4. The number of nitriles is 1. The van der Waals surface area contributed by atoms with Crippen LogP contribution >= 0.6 is 0 Å². The molecule has 3 nitrogen and oxygen atoms in total. The minimum Gasteiger partial charge on any atom is -0.378 e. The van der Waals surface area contributed by atoms with Crippen LogP contribution in [0.15, 0.2) is 0 Å². The van der Waals surface area contributed by atoms with Crippen LogP contribution in [0.2, 0.25) is 0 Å². The Balaban J connectivity index is 3.68. The first-order valence-electron chi connectivity index (χ1n) is 5.77. The standard InChI is InChI=1S/C12H24N2O/c1-5-12(14,9-13)7-6-8-15-11(4)10(2)3/h10-11H,5-8,14H2,1-4H3. The van der Waals surface area contributed by atoms with Crippen LogP contribution in [0.1, 0.15) is 47.0 Å². The van der Waals surface area contributed by atoms with Gasteiger partial charge in [-0.2, -0.15) is 5.26 Å². The second-order valence-electron chi connectivity index (χ2n) is 4.54. The van der Waals surface area contributed by atoms with Gasteiger partial charge in [-0.15, -0.1) is 0 Å². The fraction of sp³-hybridized carbons (Fsp3) is 0.917. The second kappa shape index (κ2) is 6.81. The Hall–Kier alpha value is -0.590. The van der Waals surface area contributed by atoms with E-state index in [1.165, 1.54) is 0 Å². The molecule has 0 heterocycles. The van der Waals surface area contributed by atoms with Crippen molar-refractivity contribution in [3.8, 4) is 6.07 Å². The Morgan fingerprint density at radius 3 is 2.40 bits per heavy atom. The van der Waals surface area contributed by atoms with Crippen LogP contribution < -0.4 is 5.73 Å². The summed E-state index contributed by atoms with van der Waals surface area (Å²) in [5.74, 6) is 0.537. The molecular weight excluding hydrogens is 188 g/mol. The molecule has 0 amide bonds. The van der Waals surface area contributed by atoms with Crippen molar-refractivity contribution in [1.82, 2.24) is 0 Å². The van der Waals surface area contributed by atoms with Gasteiger partial charge in [-0.25, -0.2) is 0 Å². The van der Waals surface area contributed by atoms with Crippen LogP contribution in [-0.4, -0.2) is 18.2 Å². The van der Waals surface area contributed by atoms with Gasteiger partial charge in [-0.05, 0) is 32.1 Å². The monoisotopic (exact) mass is 212 g/mol. The van der Waals surface area contributed by atoms with Crippen LogP contribution in [0.3, 0.4) is 0 Å². The largest absolute Gasteiger partial charge is 0.378 e. The van der Waals surface area contributed by atoms with Crippen molar-refractivity contribution < 1.29 is 4.74 Å². The summed E-state index contributed by atoms with van der Waals surface area (Å²) < 4.78 is 5.62. The summed E-state index contributed by atoms with van der Waals surface area (Å²) in [5.41, 5.74) is 5.19. The van der Waals surface area contributed by atoms with E-state index < -0.39 is 5.54 Å². The molecule has 0 rings (SSSR count). The van der Waals surface area contributed by atoms with Crippen molar-refractivity contribution in [2.24, 2.45) is 11.7 Å². The Labute approximate surface area is 93.6 Å². The topological polar surface area (TPSA) is 59.0 Å². The third-order valence-electron chi connectivity index (χ3n) is 2.94. The second-order valence-corrected chi connectivity index (χ2v) is 4.54. The van der Waals surface area contributed by atoms with Crippen LogP contribution in [-0.2, 0) is 4.74 Å². The fourth-order valence-electron chi connectivity index (χ4n) is 1.16. The number of nitrogens with two attached hydrogens (primary N) is 1. The number of ether oxygens (including phenoxy) is 1. The van der Waals surface area contributed by atoms with Crippen molar-refractivity contribution >= 4 is 0 Å². The van der Waals surface area contributed by atoms with Crippen molar-refractivity contribution in [2.45, 2.75) is 58.6 Å². The summed E-state index contributed by atoms with van der Waals surface area (Å²) in [6, 6.07) is 2.16. The Morgan fingerprint density at radius 2 is 2.00 bits per heavy atom. The highest BCUT2D eigenvalue weighted by Gasteiger charge is 2.21. The molecular formula is C12H24N2O. The lowest BCUT2D eigenvalue weighted by Gasteiger charge is -2.21. The van der Waals surface area contributed by atoms with Gasteiger partial charge in [-0.3, -0.25) is 0 Å². The molecule has 2 N–H and O–H groups in total. The van der Waals surface area contributed by atoms with Crippen LogP contribution in [0.25, 0.3) is 0 Å². The van der Waals surface area contributed by atoms with E-state index in [0.717, 1.165) is 6.42 Å². The average molecular weight is 212 g/mol. The Bertz CT molecular complexity index is 210. The van der Waals surface area contributed by atoms with Gasteiger partial charge in [-0.1, -0.05) is 20.8 Å². The molecule has 0 aromatic rings. The SMILES string of the molecule is CCC(N)(C#N)CCCOC(C)C(C)C. The summed E-state index contributed by atoms with van der Waals surface area (Å²) in [7, 11) is 0. The van der Waals surface area contributed by atoms with E-state index in [9.17, 15) is 0 Å². The van der Waals surface area contributed by atoms with E-state index in [-0.39, 0.29) is 6.10 Å².